The third-order valence-electron chi connectivity index (χ3n) is 13.5. The van der Waals surface area contributed by atoms with Crippen molar-refractivity contribution in [2.75, 3.05) is 5.73 Å². The summed E-state index contributed by atoms with van der Waals surface area (Å²) in [7, 11) is 0. The Hall–Kier alpha value is -8.91. The minimum Gasteiger partial charge on any atom is -0.369 e. The van der Waals surface area contributed by atoms with Crippen molar-refractivity contribution in [2.24, 2.45) is 0 Å². The van der Waals surface area contributed by atoms with Gasteiger partial charge in [-0.15, -0.1) is 0 Å². The van der Waals surface area contributed by atoms with Crippen molar-refractivity contribution in [2.45, 2.75) is 18.3 Å². The number of hydrogen-bond donors (Lipinski definition) is 4. The molecule has 6 aromatic carbocycles. The highest BCUT2D eigenvalue weighted by atomic mass is 79.9. The highest BCUT2D eigenvalue weighted by Crippen LogP contribution is 2.38. The number of rotatable bonds is 1. The third kappa shape index (κ3) is 16.1. The summed E-state index contributed by atoms with van der Waals surface area (Å²) < 4.78 is 5.35. The van der Waals surface area contributed by atoms with Gasteiger partial charge in [0.2, 0.25) is 42.3 Å². The normalized spacial score (nSPS) is 11.7. The summed E-state index contributed by atoms with van der Waals surface area (Å²) in [5.41, 5.74) is 17.3. The number of hydrogen-bond acceptors (Lipinski definition) is 13. The molecule has 31 heteroatoms. The van der Waals surface area contributed by atoms with Crippen LogP contribution in [-0.2, 0) is 12.4 Å². The molecule has 0 unspecified atom stereocenters. The molecular weight excluding hydrogens is 1470 g/mol. The second-order valence-electron chi connectivity index (χ2n) is 19.9. The summed E-state index contributed by atoms with van der Waals surface area (Å²) in [5.74, 6) is 2.89. The number of alkyl halides is 9. The van der Waals surface area contributed by atoms with Gasteiger partial charge in [-0.2, -0.15) is 0 Å². The zero-order chi connectivity index (χ0) is 67.2. The lowest BCUT2D eigenvalue weighted by Gasteiger charge is -2.09. The van der Waals surface area contributed by atoms with Crippen LogP contribution < -0.4 is 16.9 Å². The van der Waals surface area contributed by atoms with Crippen LogP contribution in [0.5, 0.6) is 0 Å². The van der Waals surface area contributed by atoms with Crippen LogP contribution in [0.15, 0.2) is 233 Å². The summed E-state index contributed by atoms with van der Waals surface area (Å²) >= 11 is 53.6. The number of nitrogens with zero attached hydrogens (tertiary/aromatic N) is 14. The van der Waals surface area contributed by atoms with E-state index in [4.69, 9.17) is 110 Å². The average Bonchev–Trinajstić information content (AvgIpc) is 1.70. The third-order valence-corrected chi connectivity index (χ3v) is 15.7. The maximum atomic E-state index is 11.1. The Morgan fingerprint density at radius 1 is 0.411 bits per heavy atom. The van der Waals surface area contributed by atoms with Crippen molar-refractivity contribution in [1.82, 2.24) is 81.8 Å². The van der Waals surface area contributed by atoms with Crippen LogP contribution in [0, 0.1) is 0 Å². The quantitative estimate of drug-likeness (QED) is 0.0678. The maximum Gasteiger partial charge on any atom is 0.252 e. The smallest absolute Gasteiger partial charge is 0.252 e. The zero-order valence-electron chi connectivity index (χ0n) is 48.6. The molecular formula is C64H44BrCl9N18O3. The van der Waals surface area contributed by atoms with Gasteiger partial charge in [-0.3, -0.25) is 46.4 Å². The number of H-pyrrole nitrogens is 3. The lowest BCUT2D eigenvalue weighted by Crippen LogP contribution is -2.15. The van der Waals surface area contributed by atoms with Gasteiger partial charge in [0.25, 0.3) is 14.9 Å². The Labute approximate surface area is 588 Å². The maximum absolute atomic E-state index is 11.1. The molecule has 21 nitrogen and oxygen atoms in total. The van der Waals surface area contributed by atoms with Gasteiger partial charge >= 0.3 is 0 Å². The van der Waals surface area contributed by atoms with Crippen molar-refractivity contribution in [3.05, 3.63) is 256 Å². The molecule has 11 heterocycles. The zero-order valence-corrected chi connectivity index (χ0v) is 57.0. The number of carbonyl (C=O) groups is 1. The summed E-state index contributed by atoms with van der Waals surface area (Å²) in [4.78, 5) is 79.5. The van der Waals surface area contributed by atoms with Crippen LogP contribution in [0.4, 0.5) is 5.95 Å². The molecule has 0 fully saturated rings. The van der Waals surface area contributed by atoms with Crippen molar-refractivity contribution in [3.8, 4) is 0 Å². The predicted molar refractivity (Wildman–Crippen MR) is 385 cm³/mol. The number of aromatic amines is 3. The van der Waals surface area contributed by atoms with Crippen LogP contribution >= 0.6 is 120 Å². The van der Waals surface area contributed by atoms with Crippen molar-refractivity contribution < 1.29 is 4.79 Å². The van der Waals surface area contributed by atoms with Crippen LogP contribution in [0.25, 0.3) is 95.1 Å². The average molecular weight is 1510 g/mol. The molecule has 0 bridgehead atoms. The van der Waals surface area contributed by atoms with E-state index in [2.05, 4.69) is 75.7 Å². The van der Waals surface area contributed by atoms with E-state index in [1.807, 2.05) is 180 Å². The molecule has 0 radical (unpaired) electrons. The summed E-state index contributed by atoms with van der Waals surface area (Å²) in [6.07, 6.45) is 11.7. The first kappa shape index (κ1) is 67.5. The Bertz CT molecular complexity index is 5490. The van der Waals surface area contributed by atoms with Crippen molar-refractivity contribution >= 4 is 227 Å². The van der Waals surface area contributed by atoms with Gasteiger partial charge in [-0.25, -0.2) is 44.9 Å². The minimum absolute atomic E-state index is 0.132. The van der Waals surface area contributed by atoms with E-state index in [0.717, 1.165) is 76.6 Å². The highest BCUT2D eigenvalue weighted by molar-refractivity contribution is 9.10. The molecule has 0 aliphatic rings. The molecule has 478 valence electrons. The number of anilines is 1. The molecule has 0 saturated heterocycles. The first-order valence-electron chi connectivity index (χ1n) is 27.9. The van der Waals surface area contributed by atoms with Crippen LogP contribution in [0.2, 0.25) is 0 Å². The van der Waals surface area contributed by atoms with Gasteiger partial charge < -0.3 is 10.7 Å². The van der Waals surface area contributed by atoms with E-state index in [0.29, 0.717) is 40.4 Å². The minimum atomic E-state index is -1.80. The van der Waals surface area contributed by atoms with Gasteiger partial charge in [0.15, 0.2) is 5.95 Å². The number of nitrogen functional groups attached to an aromatic ring is 1. The standard InChI is InChI=1S/2C11H6Cl3N3.C10H6BrN3.2C10H7N3O.C7H7N3.C5H5Cl3O/c2*12-11(13,14)9-5-6-17-8-4-2-1-3-7(8)15-10(17)16-9;11-9-5-6-14-8-4-2-1-3-7(8)12-10(14)13-9;2*14-9-5-6-13-8-4-2-1-3-7(8)11-10(13)12-9;8-7-9-5-3-1-2-4-6(5)10-7;1-2-3-4(9)5(6,7)8/h2*1-6H;1-6H;2*1-6H,(H,11,12,14);1-4H,(H3,8,9,10);2-3H,1H3/b;;;;;;3-2+. The van der Waals surface area contributed by atoms with Crippen molar-refractivity contribution in [3.63, 3.8) is 0 Å². The molecule has 5 N–H and O–H groups in total. The van der Waals surface area contributed by atoms with Crippen LogP contribution in [-0.4, -0.2) is 91.4 Å². The molecule has 95 heavy (non-hydrogen) atoms. The van der Waals surface area contributed by atoms with E-state index in [-0.39, 0.29) is 11.1 Å². The molecule has 0 aliphatic carbocycles. The largest absolute Gasteiger partial charge is 0.369 e. The lowest BCUT2D eigenvalue weighted by atomic mass is 10.3. The van der Waals surface area contributed by atoms with E-state index < -0.39 is 17.2 Å². The number of para-hydroxylation sites is 12. The Balaban J connectivity index is 0.000000114. The Morgan fingerprint density at radius 2 is 0.747 bits per heavy atom. The number of ketones is 1. The molecule has 0 aliphatic heterocycles. The number of fused-ring (bicyclic) bond motifs is 16. The fourth-order valence-corrected chi connectivity index (χ4v) is 10.4. The fraction of sp³-hybridized carbons (Fsp3) is 0.0625. The van der Waals surface area contributed by atoms with Gasteiger partial charge in [-0.1, -0.05) is 183 Å². The van der Waals surface area contributed by atoms with E-state index in [1.165, 1.54) is 24.3 Å². The number of aromatic nitrogens is 17. The SMILES string of the molecule is Brc1ccn2c(n1)nc1ccccc12.C/C=C/C(=O)C(Cl)(Cl)Cl.ClC(Cl)(Cl)c1ccn2c(n1)nc1ccccc12.ClC(Cl)(Cl)c1ccn2c(n1)nc1ccccc12.Nc1nc2ccccc2[nH]1.O=c1ccn2c(nc3ccccc32)[nH]1.O=c1ccn2c(nc3ccccc32)[nH]1. The predicted octanol–water partition coefficient (Wildman–Crippen LogP) is 16.1. The van der Waals surface area contributed by atoms with Crippen molar-refractivity contribution in [1.29, 1.82) is 0 Å². The molecule has 17 aromatic rings. The molecule has 0 amide bonds. The van der Waals surface area contributed by atoms with Gasteiger partial charge in [0.1, 0.15) is 4.60 Å². The van der Waals surface area contributed by atoms with E-state index in [1.54, 1.807) is 43.8 Å². The number of nitrogens with one attached hydrogen (secondary N) is 3. The number of imidazole rings is 6. The van der Waals surface area contributed by atoms with E-state index >= 15 is 0 Å². The molecule has 17 rings (SSSR count). The lowest BCUT2D eigenvalue weighted by molar-refractivity contribution is -0.113. The number of carbonyl (C=O) groups excluding carboxylic acids is 1. The van der Waals surface area contributed by atoms with E-state index in [9.17, 15) is 14.4 Å². The number of nitrogens with two attached hydrogens (primary N) is 1. The number of allylic oxidation sites excluding steroid dienone is 2. The summed E-state index contributed by atoms with van der Waals surface area (Å²) in [6.45, 7) is 1.67. The topological polar surface area (TPSA) is 263 Å². The van der Waals surface area contributed by atoms with Gasteiger partial charge in [-0.05, 0) is 120 Å². The van der Waals surface area contributed by atoms with Gasteiger partial charge in [0.05, 0.1) is 77.6 Å². The van der Waals surface area contributed by atoms with Crippen LogP contribution in [0.1, 0.15) is 18.3 Å². The number of halogens is 10. The molecule has 0 atom stereocenters. The first-order chi connectivity index (χ1) is 45.5. The summed E-state index contributed by atoms with van der Waals surface area (Å²) in [6, 6.07) is 55.0. The monoisotopic (exact) mass is 1510 g/mol. The molecule has 0 saturated carbocycles. The summed E-state index contributed by atoms with van der Waals surface area (Å²) in [5, 5.41) is 0. The fourth-order valence-electron chi connectivity index (χ4n) is 9.31. The van der Waals surface area contributed by atoms with Crippen LogP contribution in [0.3, 0.4) is 0 Å². The highest BCUT2D eigenvalue weighted by Gasteiger charge is 2.28. The Morgan fingerprint density at radius 3 is 1.12 bits per heavy atom. The van der Waals surface area contributed by atoms with Gasteiger partial charge in [0, 0.05) is 43.1 Å². The second-order valence-corrected chi connectivity index (χ2v) is 27.5. The number of benzene rings is 6. The molecule has 11 aromatic heterocycles. The molecule has 0 spiro atoms. The first-order valence-corrected chi connectivity index (χ1v) is 32.1. The second kappa shape index (κ2) is 29.0. The Kier molecular flexibility index (Phi) is 20.6.